The molecule has 0 heterocycles. The van der Waals surface area contributed by atoms with Crippen molar-refractivity contribution < 1.29 is 54.2 Å². The minimum absolute atomic E-state index is 0.0439. The van der Waals surface area contributed by atoms with Crippen LogP contribution in [-0.2, 0) is 4.79 Å². The summed E-state index contributed by atoms with van der Waals surface area (Å²) in [5, 5.41) is 4.09. The fourth-order valence-electron chi connectivity index (χ4n) is 2.54. The van der Waals surface area contributed by atoms with Crippen LogP contribution in [0.2, 0.25) is 0 Å². The highest BCUT2D eigenvalue weighted by Crippen LogP contribution is 2.23. The third-order valence-corrected chi connectivity index (χ3v) is 4.11. The predicted octanol–water partition coefficient (Wildman–Crippen LogP) is 5.07. The second-order valence-electron chi connectivity index (χ2n) is 6.97. The van der Waals surface area contributed by atoms with Crippen LogP contribution in [0, 0.1) is 0 Å². The van der Waals surface area contributed by atoms with E-state index in [-0.39, 0.29) is 16.9 Å². The molecule has 0 saturated heterocycles. The Morgan fingerprint density at radius 3 is 2.00 bits per heavy atom. The zero-order chi connectivity index (χ0) is 26.9. The quantitative estimate of drug-likeness (QED) is 0.335. The lowest BCUT2D eigenvalue weighted by Crippen LogP contribution is -2.36. The van der Waals surface area contributed by atoms with Gasteiger partial charge in [-0.25, -0.2) is 8.78 Å². The normalized spacial score (nSPS) is 12.3. The second-order valence-corrected chi connectivity index (χ2v) is 6.97. The summed E-state index contributed by atoms with van der Waals surface area (Å²) in [7, 11) is 0. The van der Waals surface area contributed by atoms with Gasteiger partial charge in [0.25, 0.3) is 18.2 Å². The van der Waals surface area contributed by atoms with Gasteiger partial charge in [0.1, 0.15) is 17.2 Å². The minimum atomic E-state index is -4.93. The van der Waals surface area contributed by atoms with Crippen LogP contribution in [0.15, 0.2) is 54.2 Å². The molecule has 2 rings (SSSR count). The first-order valence-electron chi connectivity index (χ1n) is 9.97. The van der Waals surface area contributed by atoms with Crippen LogP contribution in [0.25, 0.3) is 6.08 Å². The van der Waals surface area contributed by atoms with Crippen LogP contribution in [0.4, 0.5) is 35.1 Å². The molecule has 0 atom stereocenters. The van der Waals surface area contributed by atoms with Crippen molar-refractivity contribution in [1.29, 1.82) is 0 Å². The Morgan fingerprint density at radius 1 is 0.889 bits per heavy atom. The second kappa shape index (κ2) is 12.2. The van der Waals surface area contributed by atoms with Gasteiger partial charge in [0.05, 0.1) is 19.6 Å². The molecule has 2 aromatic carbocycles. The van der Waals surface area contributed by atoms with Crippen LogP contribution in [0.5, 0.6) is 11.5 Å². The first-order valence-corrected chi connectivity index (χ1v) is 9.97. The van der Waals surface area contributed by atoms with Crippen LogP contribution in [-0.4, -0.2) is 43.9 Å². The van der Waals surface area contributed by atoms with Gasteiger partial charge in [0, 0.05) is 5.56 Å². The fourth-order valence-corrected chi connectivity index (χ4v) is 2.54. The summed E-state index contributed by atoms with van der Waals surface area (Å²) in [6.07, 6.45) is -12.4. The number of alkyl halides is 8. The first-order chi connectivity index (χ1) is 16.7. The molecule has 0 aliphatic carbocycles. The van der Waals surface area contributed by atoms with Gasteiger partial charge in [-0.2, -0.15) is 13.2 Å². The maximum atomic E-state index is 12.5. The summed E-state index contributed by atoms with van der Waals surface area (Å²) < 4.78 is 107. The highest BCUT2D eigenvalue weighted by Gasteiger charge is 2.31. The van der Waals surface area contributed by atoms with Gasteiger partial charge >= 0.3 is 12.5 Å². The molecule has 0 bridgehead atoms. The van der Waals surface area contributed by atoms with E-state index in [1.165, 1.54) is 24.3 Å². The van der Waals surface area contributed by atoms with Crippen LogP contribution in [0.3, 0.4) is 0 Å². The standard InChI is InChI=1S/C22H18F8N2O4/c23-18(24)12-31-20(34)17(11-13-1-5-16(6-2-13)36-22(28,29)30)32-19(33)14-3-7-15(8-4-14)35-10-9-21(25,26)27/h1-8,11,18H,9-10,12H2,(H,31,34)(H,32,33)/b17-11+. The van der Waals surface area contributed by atoms with Gasteiger partial charge in [0.2, 0.25) is 0 Å². The van der Waals surface area contributed by atoms with Crippen molar-refractivity contribution in [2.45, 2.75) is 25.4 Å². The summed E-state index contributed by atoms with van der Waals surface area (Å²) in [6, 6.07) is 8.93. The third-order valence-electron chi connectivity index (χ3n) is 4.11. The lowest BCUT2D eigenvalue weighted by molar-refractivity contribution is -0.274. The van der Waals surface area contributed by atoms with Gasteiger partial charge in [-0.05, 0) is 48.0 Å². The van der Waals surface area contributed by atoms with Crippen molar-refractivity contribution in [3.63, 3.8) is 0 Å². The number of amides is 2. The summed E-state index contributed by atoms with van der Waals surface area (Å²) in [5.74, 6) is -2.49. The molecule has 0 aliphatic heterocycles. The van der Waals surface area contributed by atoms with E-state index < -0.39 is 61.8 Å². The highest BCUT2D eigenvalue weighted by atomic mass is 19.4. The number of ether oxygens (including phenoxy) is 2. The topological polar surface area (TPSA) is 76.7 Å². The first kappa shape index (κ1) is 28.4. The van der Waals surface area contributed by atoms with Gasteiger partial charge in [0.15, 0.2) is 0 Å². The monoisotopic (exact) mass is 526 g/mol. The van der Waals surface area contributed by atoms with E-state index in [1.54, 1.807) is 0 Å². The number of carbonyl (C=O) groups excluding carboxylic acids is 2. The van der Waals surface area contributed by atoms with Crippen molar-refractivity contribution in [2.75, 3.05) is 13.2 Å². The van der Waals surface area contributed by atoms with E-state index in [2.05, 4.69) is 10.1 Å². The van der Waals surface area contributed by atoms with Gasteiger partial charge < -0.3 is 20.1 Å². The maximum Gasteiger partial charge on any atom is 0.573 e. The van der Waals surface area contributed by atoms with Gasteiger partial charge in [-0.1, -0.05) is 12.1 Å². The fraction of sp³-hybridized carbons (Fsp3) is 0.273. The molecule has 0 spiro atoms. The summed E-state index contributed by atoms with van der Waals surface area (Å²) in [6.45, 7) is -1.67. The summed E-state index contributed by atoms with van der Waals surface area (Å²) in [5.41, 5.74) is -0.435. The third kappa shape index (κ3) is 10.6. The summed E-state index contributed by atoms with van der Waals surface area (Å²) >= 11 is 0. The minimum Gasteiger partial charge on any atom is -0.493 e. The van der Waals surface area contributed by atoms with E-state index in [4.69, 9.17) is 4.74 Å². The lowest BCUT2D eigenvalue weighted by Gasteiger charge is -2.12. The van der Waals surface area contributed by atoms with Crippen molar-refractivity contribution in [3.8, 4) is 11.5 Å². The lowest BCUT2D eigenvalue weighted by atomic mass is 10.1. The molecule has 0 unspecified atom stereocenters. The number of hydrogen-bond donors (Lipinski definition) is 2. The van der Waals surface area contributed by atoms with Crippen LogP contribution >= 0.6 is 0 Å². The smallest absolute Gasteiger partial charge is 0.493 e. The molecule has 14 heteroatoms. The number of nitrogens with one attached hydrogen (secondary N) is 2. The van der Waals surface area contributed by atoms with E-state index in [0.717, 1.165) is 30.3 Å². The molecule has 0 aromatic heterocycles. The van der Waals surface area contributed by atoms with Gasteiger partial charge in [-0.3, -0.25) is 9.59 Å². The molecule has 2 aromatic rings. The molecule has 36 heavy (non-hydrogen) atoms. The molecule has 0 fully saturated rings. The average molecular weight is 526 g/mol. The zero-order valence-electron chi connectivity index (χ0n) is 18.1. The Bertz CT molecular complexity index is 1050. The Balaban J connectivity index is 2.15. The predicted molar refractivity (Wildman–Crippen MR) is 110 cm³/mol. The molecule has 6 nitrogen and oxygen atoms in total. The number of benzene rings is 2. The number of hydrogen-bond acceptors (Lipinski definition) is 4. The molecular formula is C22H18F8N2O4. The van der Waals surface area contributed by atoms with Crippen molar-refractivity contribution >= 4 is 17.9 Å². The van der Waals surface area contributed by atoms with E-state index in [9.17, 15) is 44.7 Å². The largest absolute Gasteiger partial charge is 0.573 e. The summed E-state index contributed by atoms with van der Waals surface area (Å²) in [4.78, 5) is 24.9. The number of halogens is 8. The highest BCUT2D eigenvalue weighted by molar-refractivity contribution is 6.05. The van der Waals surface area contributed by atoms with E-state index in [1.807, 2.05) is 5.32 Å². The van der Waals surface area contributed by atoms with E-state index in [0.29, 0.717) is 0 Å². The van der Waals surface area contributed by atoms with Crippen LogP contribution in [0.1, 0.15) is 22.3 Å². The Labute approximate surface area is 198 Å². The maximum absolute atomic E-state index is 12.5. The van der Waals surface area contributed by atoms with Crippen molar-refractivity contribution in [3.05, 3.63) is 65.4 Å². The zero-order valence-corrected chi connectivity index (χ0v) is 18.1. The molecule has 0 radical (unpaired) electrons. The molecule has 2 amide bonds. The molecule has 2 N–H and O–H groups in total. The SMILES string of the molecule is O=C(NCC(F)F)/C(=C\c1ccc(OC(F)(F)F)cc1)NC(=O)c1ccc(OCCC(F)(F)F)cc1. The average Bonchev–Trinajstić information content (AvgIpc) is 2.76. The molecule has 196 valence electrons. The molecular weight excluding hydrogens is 508 g/mol. The number of carbonyl (C=O) groups is 2. The van der Waals surface area contributed by atoms with Crippen molar-refractivity contribution in [2.24, 2.45) is 0 Å². The molecule has 0 saturated carbocycles. The number of rotatable bonds is 10. The van der Waals surface area contributed by atoms with Crippen molar-refractivity contribution in [1.82, 2.24) is 10.6 Å². The Hall–Kier alpha value is -3.84. The van der Waals surface area contributed by atoms with E-state index >= 15 is 0 Å². The Kier molecular flexibility index (Phi) is 9.64. The van der Waals surface area contributed by atoms with Crippen LogP contribution < -0.4 is 20.1 Å². The molecule has 0 aliphatic rings. The Morgan fingerprint density at radius 2 is 1.47 bits per heavy atom. The van der Waals surface area contributed by atoms with Gasteiger partial charge in [-0.15, -0.1) is 13.2 Å².